The molecule has 0 aromatic carbocycles. The average Bonchev–Trinajstić information content (AvgIpc) is 2.14. The Balaban J connectivity index is 4.30. The van der Waals surface area contributed by atoms with E-state index in [1.54, 1.807) is 6.92 Å². The molecule has 1 N–H and O–H groups in total. The van der Waals surface area contributed by atoms with Crippen molar-refractivity contribution in [2.45, 2.75) is 39.3 Å². The minimum Gasteiger partial charge on any atom is -0.468 e. The standard InChI is InChI=1S/C10H21NO3/c1-6-11-10(4,9(12)13-5)7-14-8(2)3/h8,11H,6-7H2,1-5H3. The lowest BCUT2D eigenvalue weighted by atomic mass is 10.0. The lowest BCUT2D eigenvalue weighted by Crippen LogP contribution is -2.54. The highest BCUT2D eigenvalue weighted by Gasteiger charge is 2.33. The van der Waals surface area contributed by atoms with Gasteiger partial charge in [-0.05, 0) is 27.3 Å². The number of rotatable bonds is 6. The second-order valence-corrected chi connectivity index (χ2v) is 3.71. The van der Waals surface area contributed by atoms with Crippen LogP contribution in [0.2, 0.25) is 0 Å². The first-order valence-electron chi connectivity index (χ1n) is 4.91. The normalized spacial score (nSPS) is 15.3. The first kappa shape index (κ1) is 13.4. The summed E-state index contributed by atoms with van der Waals surface area (Å²) in [7, 11) is 1.38. The number of methoxy groups -OCH3 is 1. The number of carbonyl (C=O) groups excluding carboxylic acids is 1. The van der Waals surface area contributed by atoms with Crippen molar-refractivity contribution in [3.8, 4) is 0 Å². The number of hydrogen-bond acceptors (Lipinski definition) is 4. The molecule has 0 radical (unpaired) electrons. The van der Waals surface area contributed by atoms with Gasteiger partial charge in [0.25, 0.3) is 0 Å². The summed E-state index contributed by atoms with van der Waals surface area (Å²) < 4.78 is 10.1. The molecule has 0 heterocycles. The first-order chi connectivity index (χ1) is 6.46. The van der Waals surface area contributed by atoms with Crippen LogP contribution in [0.15, 0.2) is 0 Å². The van der Waals surface area contributed by atoms with Crippen LogP contribution in [-0.4, -0.2) is 37.9 Å². The zero-order valence-corrected chi connectivity index (χ0v) is 9.72. The van der Waals surface area contributed by atoms with E-state index in [1.807, 2.05) is 20.8 Å². The third kappa shape index (κ3) is 4.07. The van der Waals surface area contributed by atoms with Crippen LogP contribution in [0, 0.1) is 0 Å². The quantitative estimate of drug-likeness (QED) is 0.653. The Morgan fingerprint density at radius 2 is 2.07 bits per heavy atom. The Kier molecular flexibility index (Phi) is 5.72. The van der Waals surface area contributed by atoms with Crippen molar-refractivity contribution >= 4 is 5.97 Å². The van der Waals surface area contributed by atoms with E-state index in [0.29, 0.717) is 13.2 Å². The highest BCUT2D eigenvalue weighted by atomic mass is 16.5. The van der Waals surface area contributed by atoms with Crippen molar-refractivity contribution in [2.24, 2.45) is 0 Å². The summed E-state index contributed by atoms with van der Waals surface area (Å²) in [6.45, 7) is 8.62. The topological polar surface area (TPSA) is 47.6 Å². The monoisotopic (exact) mass is 203 g/mol. The highest BCUT2D eigenvalue weighted by Crippen LogP contribution is 2.08. The van der Waals surface area contributed by atoms with Gasteiger partial charge in [-0.25, -0.2) is 4.79 Å². The van der Waals surface area contributed by atoms with Gasteiger partial charge >= 0.3 is 5.97 Å². The van der Waals surface area contributed by atoms with E-state index in [9.17, 15) is 4.79 Å². The van der Waals surface area contributed by atoms with Crippen LogP contribution in [0.1, 0.15) is 27.7 Å². The molecule has 0 amide bonds. The Morgan fingerprint density at radius 1 is 1.50 bits per heavy atom. The van der Waals surface area contributed by atoms with Gasteiger partial charge in [-0.2, -0.15) is 0 Å². The molecule has 4 nitrogen and oxygen atoms in total. The van der Waals surface area contributed by atoms with E-state index in [4.69, 9.17) is 9.47 Å². The van der Waals surface area contributed by atoms with Gasteiger partial charge in [0.05, 0.1) is 19.8 Å². The van der Waals surface area contributed by atoms with Crippen molar-refractivity contribution in [2.75, 3.05) is 20.3 Å². The number of hydrogen-bond donors (Lipinski definition) is 1. The second kappa shape index (κ2) is 5.98. The molecule has 1 unspecified atom stereocenters. The van der Waals surface area contributed by atoms with Crippen molar-refractivity contribution in [1.29, 1.82) is 0 Å². The molecule has 0 saturated heterocycles. The molecule has 0 aliphatic carbocycles. The van der Waals surface area contributed by atoms with Gasteiger partial charge in [0, 0.05) is 0 Å². The molecule has 1 atom stereocenters. The molecule has 4 heteroatoms. The van der Waals surface area contributed by atoms with Crippen LogP contribution in [0.25, 0.3) is 0 Å². The summed E-state index contributed by atoms with van der Waals surface area (Å²) >= 11 is 0. The Bertz CT molecular complexity index is 182. The Labute approximate surface area is 86.0 Å². The fraction of sp³-hybridized carbons (Fsp3) is 0.900. The summed E-state index contributed by atoms with van der Waals surface area (Å²) in [6.07, 6.45) is 0.109. The van der Waals surface area contributed by atoms with Crippen molar-refractivity contribution in [3.63, 3.8) is 0 Å². The van der Waals surface area contributed by atoms with Gasteiger partial charge in [-0.3, -0.25) is 0 Å². The maximum absolute atomic E-state index is 11.5. The maximum Gasteiger partial charge on any atom is 0.328 e. The number of nitrogens with one attached hydrogen (secondary N) is 1. The zero-order chi connectivity index (χ0) is 11.2. The van der Waals surface area contributed by atoms with E-state index in [2.05, 4.69) is 5.32 Å². The zero-order valence-electron chi connectivity index (χ0n) is 9.72. The van der Waals surface area contributed by atoms with Gasteiger partial charge in [0.2, 0.25) is 0 Å². The third-order valence-corrected chi connectivity index (χ3v) is 1.91. The average molecular weight is 203 g/mol. The summed E-state index contributed by atoms with van der Waals surface area (Å²) in [5.41, 5.74) is -0.742. The fourth-order valence-corrected chi connectivity index (χ4v) is 1.13. The SMILES string of the molecule is CCNC(C)(COC(C)C)C(=O)OC. The smallest absolute Gasteiger partial charge is 0.328 e. The van der Waals surface area contributed by atoms with Gasteiger partial charge in [0.1, 0.15) is 5.54 Å². The van der Waals surface area contributed by atoms with Crippen molar-refractivity contribution in [1.82, 2.24) is 5.32 Å². The Hall–Kier alpha value is -0.610. The molecule has 0 spiro atoms. The summed E-state index contributed by atoms with van der Waals surface area (Å²) in [5, 5.41) is 3.07. The number of carbonyl (C=O) groups is 1. The molecular formula is C10H21NO3. The second-order valence-electron chi connectivity index (χ2n) is 3.71. The van der Waals surface area contributed by atoms with E-state index < -0.39 is 5.54 Å². The van der Waals surface area contributed by atoms with Gasteiger partial charge in [0.15, 0.2) is 0 Å². The lowest BCUT2D eigenvalue weighted by Gasteiger charge is -2.28. The van der Waals surface area contributed by atoms with Gasteiger partial charge in [-0.1, -0.05) is 6.92 Å². The number of ether oxygens (including phenoxy) is 2. The van der Waals surface area contributed by atoms with Gasteiger partial charge in [-0.15, -0.1) is 0 Å². The molecule has 14 heavy (non-hydrogen) atoms. The molecule has 0 fully saturated rings. The molecule has 0 aromatic rings. The largest absolute Gasteiger partial charge is 0.468 e. The van der Waals surface area contributed by atoms with Crippen LogP contribution >= 0.6 is 0 Å². The molecule has 0 rings (SSSR count). The van der Waals surface area contributed by atoms with E-state index in [1.165, 1.54) is 7.11 Å². The van der Waals surface area contributed by atoms with Crippen molar-refractivity contribution < 1.29 is 14.3 Å². The molecule has 0 aliphatic rings. The van der Waals surface area contributed by atoms with E-state index in [0.717, 1.165) is 0 Å². The number of esters is 1. The summed E-state index contributed by atoms with van der Waals surface area (Å²) in [5.74, 6) is -0.292. The molecule has 0 saturated carbocycles. The number of likely N-dealkylation sites (N-methyl/N-ethyl adjacent to an activating group) is 1. The Morgan fingerprint density at radius 3 is 2.43 bits per heavy atom. The third-order valence-electron chi connectivity index (χ3n) is 1.91. The van der Waals surface area contributed by atoms with Crippen LogP contribution in [0.4, 0.5) is 0 Å². The van der Waals surface area contributed by atoms with E-state index >= 15 is 0 Å². The molecular weight excluding hydrogens is 182 g/mol. The van der Waals surface area contributed by atoms with Crippen LogP contribution in [-0.2, 0) is 14.3 Å². The molecule has 0 aliphatic heterocycles. The predicted octanol–water partition coefficient (Wildman–Crippen LogP) is 0.953. The molecule has 0 bridgehead atoms. The van der Waals surface area contributed by atoms with Crippen LogP contribution in [0.5, 0.6) is 0 Å². The molecule has 0 aromatic heterocycles. The summed E-state index contributed by atoms with van der Waals surface area (Å²) in [4.78, 5) is 11.5. The maximum atomic E-state index is 11.5. The van der Waals surface area contributed by atoms with Crippen LogP contribution in [0.3, 0.4) is 0 Å². The fourth-order valence-electron chi connectivity index (χ4n) is 1.13. The highest BCUT2D eigenvalue weighted by molar-refractivity contribution is 5.80. The van der Waals surface area contributed by atoms with Crippen molar-refractivity contribution in [3.05, 3.63) is 0 Å². The van der Waals surface area contributed by atoms with Gasteiger partial charge < -0.3 is 14.8 Å². The minimum absolute atomic E-state index is 0.109. The molecule has 84 valence electrons. The summed E-state index contributed by atoms with van der Waals surface area (Å²) in [6, 6.07) is 0. The minimum atomic E-state index is -0.742. The lowest BCUT2D eigenvalue weighted by molar-refractivity contribution is -0.151. The van der Waals surface area contributed by atoms with Crippen LogP contribution < -0.4 is 5.32 Å². The van der Waals surface area contributed by atoms with E-state index in [-0.39, 0.29) is 12.1 Å². The predicted molar refractivity (Wildman–Crippen MR) is 55.2 cm³/mol. The first-order valence-corrected chi connectivity index (χ1v) is 4.91.